The van der Waals surface area contributed by atoms with Gasteiger partial charge < -0.3 is 10.1 Å². The van der Waals surface area contributed by atoms with Crippen molar-refractivity contribution in [2.75, 3.05) is 5.32 Å². The summed E-state index contributed by atoms with van der Waals surface area (Å²) in [5, 5.41) is 2.83. The fourth-order valence-corrected chi connectivity index (χ4v) is 2.66. The molecule has 0 fully saturated rings. The van der Waals surface area contributed by atoms with Crippen LogP contribution in [0.3, 0.4) is 0 Å². The van der Waals surface area contributed by atoms with Gasteiger partial charge in [0.25, 0.3) is 5.91 Å². The first-order valence-corrected chi connectivity index (χ1v) is 7.97. The van der Waals surface area contributed by atoms with Gasteiger partial charge in [0, 0.05) is 26.4 Å². The molecule has 130 valence electrons. The summed E-state index contributed by atoms with van der Waals surface area (Å²) in [6.07, 6.45) is 1.48. The lowest BCUT2D eigenvalue weighted by Gasteiger charge is -2.15. The molecule has 3 aromatic rings. The number of nitrogens with zero attached hydrogens (tertiary/aromatic N) is 3. The summed E-state index contributed by atoms with van der Waals surface area (Å²) in [4.78, 5) is 28.7. The van der Waals surface area contributed by atoms with Crippen LogP contribution in [0, 0.1) is 0 Å². The van der Waals surface area contributed by atoms with Gasteiger partial charge in [-0.1, -0.05) is 6.07 Å². The largest absolute Gasteiger partial charge is 0.489 e. The first kappa shape index (κ1) is 16.8. The zero-order valence-corrected chi connectivity index (χ0v) is 14.6. The summed E-state index contributed by atoms with van der Waals surface area (Å²) in [7, 11) is 3.40. The highest BCUT2D eigenvalue weighted by Gasteiger charge is 2.17. The maximum absolute atomic E-state index is 12.4. The standard InChI is InChI=1S/C18H20N4O3/c1-11(2)25-16-10-15-14(21(3)18(24)22(15)4)9-13(16)20-17(23)12-7-5-6-8-19-12/h5-11H,1-4H3,(H,20,23). The molecule has 3 rings (SSSR count). The SMILES string of the molecule is CC(C)Oc1cc2c(cc1NC(=O)c1ccccn1)n(C)c(=O)n2C. The Labute approximate surface area is 144 Å². The first-order chi connectivity index (χ1) is 11.9. The summed E-state index contributed by atoms with van der Waals surface area (Å²) >= 11 is 0. The number of pyridine rings is 1. The van der Waals surface area contributed by atoms with Crippen molar-refractivity contribution in [2.24, 2.45) is 14.1 Å². The molecule has 0 saturated heterocycles. The average Bonchev–Trinajstić information content (AvgIpc) is 2.80. The summed E-state index contributed by atoms with van der Waals surface area (Å²) < 4.78 is 8.92. The molecule has 0 bridgehead atoms. The Morgan fingerprint density at radius 3 is 2.44 bits per heavy atom. The highest BCUT2D eigenvalue weighted by Crippen LogP contribution is 2.31. The highest BCUT2D eigenvalue weighted by molar-refractivity contribution is 6.04. The van der Waals surface area contributed by atoms with Gasteiger partial charge in [0.05, 0.1) is 22.8 Å². The molecule has 0 unspecified atom stereocenters. The van der Waals surface area contributed by atoms with Gasteiger partial charge in [-0.3, -0.25) is 18.9 Å². The lowest BCUT2D eigenvalue weighted by Crippen LogP contribution is -2.19. The van der Waals surface area contributed by atoms with Crippen LogP contribution in [-0.2, 0) is 14.1 Å². The van der Waals surface area contributed by atoms with E-state index in [2.05, 4.69) is 10.3 Å². The van der Waals surface area contributed by atoms with E-state index in [-0.39, 0.29) is 17.7 Å². The molecule has 0 radical (unpaired) electrons. The number of anilines is 1. The van der Waals surface area contributed by atoms with Gasteiger partial charge in [-0.15, -0.1) is 0 Å². The number of hydrogen-bond acceptors (Lipinski definition) is 4. The molecular weight excluding hydrogens is 320 g/mol. The van der Waals surface area contributed by atoms with Crippen LogP contribution in [0.15, 0.2) is 41.3 Å². The number of benzene rings is 1. The molecule has 7 nitrogen and oxygen atoms in total. The summed E-state index contributed by atoms with van der Waals surface area (Å²) in [5.41, 5.74) is 2.11. The zero-order chi connectivity index (χ0) is 18.1. The van der Waals surface area contributed by atoms with E-state index in [0.717, 1.165) is 5.52 Å². The van der Waals surface area contributed by atoms with Crippen molar-refractivity contribution >= 4 is 22.6 Å². The molecule has 2 heterocycles. The number of rotatable bonds is 4. The molecule has 0 aliphatic rings. The van der Waals surface area contributed by atoms with Crippen molar-refractivity contribution < 1.29 is 9.53 Å². The molecule has 0 atom stereocenters. The molecule has 0 spiro atoms. The Bertz CT molecular complexity index is 987. The van der Waals surface area contributed by atoms with Gasteiger partial charge in [-0.05, 0) is 32.0 Å². The zero-order valence-electron chi connectivity index (χ0n) is 14.6. The quantitative estimate of drug-likeness (QED) is 0.790. The number of carbonyl (C=O) groups excluding carboxylic acids is 1. The number of nitrogens with one attached hydrogen (secondary N) is 1. The monoisotopic (exact) mass is 340 g/mol. The first-order valence-electron chi connectivity index (χ1n) is 7.97. The molecule has 1 aromatic carbocycles. The molecular formula is C18H20N4O3. The number of aromatic nitrogens is 3. The van der Waals surface area contributed by atoms with Crippen molar-refractivity contribution in [2.45, 2.75) is 20.0 Å². The van der Waals surface area contributed by atoms with E-state index < -0.39 is 0 Å². The Hall–Kier alpha value is -3.09. The molecule has 0 saturated carbocycles. The van der Waals surface area contributed by atoms with Crippen molar-refractivity contribution in [1.82, 2.24) is 14.1 Å². The van der Waals surface area contributed by atoms with Crippen LogP contribution in [-0.4, -0.2) is 26.1 Å². The van der Waals surface area contributed by atoms with E-state index in [1.54, 1.807) is 55.2 Å². The van der Waals surface area contributed by atoms with Gasteiger partial charge in [-0.25, -0.2) is 4.79 Å². The van der Waals surface area contributed by atoms with Crippen molar-refractivity contribution in [1.29, 1.82) is 0 Å². The minimum absolute atomic E-state index is 0.0799. The van der Waals surface area contributed by atoms with E-state index >= 15 is 0 Å². The van der Waals surface area contributed by atoms with Crippen LogP contribution < -0.4 is 15.7 Å². The van der Waals surface area contributed by atoms with Gasteiger partial charge >= 0.3 is 5.69 Å². The van der Waals surface area contributed by atoms with Gasteiger partial charge in [-0.2, -0.15) is 0 Å². The highest BCUT2D eigenvalue weighted by atomic mass is 16.5. The van der Waals surface area contributed by atoms with Gasteiger partial charge in [0.15, 0.2) is 0 Å². The fraction of sp³-hybridized carbons (Fsp3) is 0.278. The number of ether oxygens (including phenoxy) is 1. The third-order valence-corrected chi connectivity index (χ3v) is 3.88. The van der Waals surface area contributed by atoms with E-state index in [0.29, 0.717) is 22.6 Å². The maximum atomic E-state index is 12.4. The Kier molecular flexibility index (Phi) is 4.31. The van der Waals surface area contributed by atoms with Gasteiger partial charge in [0.2, 0.25) is 0 Å². The summed E-state index contributed by atoms with van der Waals surface area (Å²) in [6, 6.07) is 8.64. The predicted molar refractivity (Wildman–Crippen MR) is 96.1 cm³/mol. The van der Waals surface area contributed by atoms with Crippen molar-refractivity contribution in [3.05, 3.63) is 52.7 Å². The lowest BCUT2D eigenvalue weighted by atomic mass is 10.2. The number of imidazole rings is 1. The second-order valence-electron chi connectivity index (χ2n) is 6.07. The van der Waals surface area contributed by atoms with Crippen molar-refractivity contribution in [3.8, 4) is 5.75 Å². The van der Waals surface area contributed by atoms with Crippen LogP contribution in [0.2, 0.25) is 0 Å². The third-order valence-electron chi connectivity index (χ3n) is 3.88. The van der Waals surface area contributed by atoms with Crippen LogP contribution in [0.5, 0.6) is 5.75 Å². The molecule has 7 heteroatoms. The Morgan fingerprint density at radius 2 is 1.84 bits per heavy atom. The lowest BCUT2D eigenvalue weighted by molar-refractivity contribution is 0.102. The summed E-state index contributed by atoms with van der Waals surface area (Å²) in [6.45, 7) is 3.80. The van der Waals surface area contributed by atoms with E-state index in [4.69, 9.17) is 4.74 Å². The van der Waals surface area contributed by atoms with E-state index in [9.17, 15) is 9.59 Å². The number of amides is 1. The van der Waals surface area contributed by atoms with Crippen LogP contribution >= 0.6 is 0 Å². The fourth-order valence-electron chi connectivity index (χ4n) is 2.66. The number of aryl methyl sites for hydroxylation is 2. The van der Waals surface area contributed by atoms with E-state index in [1.165, 1.54) is 4.57 Å². The predicted octanol–water partition coefficient (Wildman–Crippen LogP) is 2.31. The maximum Gasteiger partial charge on any atom is 0.328 e. The second-order valence-corrected chi connectivity index (χ2v) is 6.07. The molecule has 0 aliphatic carbocycles. The average molecular weight is 340 g/mol. The molecule has 25 heavy (non-hydrogen) atoms. The molecule has 0 aliphatic heterocycles. The van der Waals surface area contributed by atoms with E-state index in [1.807, 2.05) is 13.8 Å². The Balaban J connectivity index is 2.10. The second kappa shape index (κ2) is 6.43. The molecule has 2 aromatic heterocycles. The molecule has 1 amide bonds. The number of fused-ring (bicyclic) bond motifs is 1. The minimum atomic E-state index is -0.338. The Morgan fingerprint density at radius 1 is 1.16 bits per heavy atom. The third kappa shape index (κ3) is 3.13. The normalized spacial score (nSPS) is 11.1. The smallest absolute Gasteiger partial charge is 0.328 e. The van der Waals surface area contributed by atoms with Crippen LogP contribution in [0.4, 0.5) is 5.69 Å². The van der Waals surface area contributed by atoms with Crippen LogP contribution in [0.1, 0.15) is 24.3 Å². The van der Waals surface area contributed by atoms with Crippen LogP contribution in [0.25, 0.3) is 11.0 Å². The number of hydrogen-bond donors (Lipinski definition) is 1. The van der Waals surface area contributed by atoms with Crippen molar-refractivity contribution in [3.63, 3.8) is 0 Å². The minimum Gasteiger partial charge on any atom is -0.489 e. The number of carbonyl (C=O) groups is 1. The molecule has 1 N–H and O–H groups in total. The summed E-state index contributed by atoms with van der Waals surface area (Å²) in [5.74, 6) is 0.169. The van der Waals surface area contributed by atoms with Gasteiger partial charge in [0.1, 0.15) is 11.4 Å². The topological polar surface area (TPSA) is 78.2 Å².